The Bertz CT molecular complexity index is 708. The van der Waals surface area contributed by atoms with Crippen LogP contribution < -0.4 is 5.32 Å². The summed E-state index contributed by atoms with van der Waals surface area (Å²) in [6.07, 6.45) is 6.84. The van der Waals surface area contributed by atoms with Crippen LogP contribution in [-0.4, -0.2) is 45.0 Å². The van der Waals surface area contributed by atoms with E-state index in [0.717, 1.165) is 37.8 Å². The second-order valence-electron chi connectivity index (χ2n) is 7.28. The van der Waals surface area contributed by atoms with E-state index in [9.17, 15) is 9.90 Å². The Balaban J connectivity index is 1.38. The Hall–Kier alpha value is -2.34. The first kappa shape index (κ1) is 19.4. The molecule has 1 saturated heterocycles. The van der Waals surface area contributed by atoms with Gasteiger partial charge in [-0.3, -0.25) is 4.68 Å². The molecule has 1 aliphatic rings. The zero-order chi connectivity index (χ0) is 19.1. The SMILES string of the molecule is CCn1cc(CNC(=O)N2CCC(C(O)CCc3ccccc3)CC2)cn1. The molecular weight excluding hydrogens is 340 g/mol. The zero-order valence-electron chi connectivity index (χ0n) is 16.1. The number of nitrogens with one attached hydrogen (secondary N) is 1. The van der Waals surface area contributed by atoms with Crippen molar-refractivity contribution in [2.24, 2.45) is 5.92 Å². The van der Waals surface area contributed by atoms with Crippen LogP contribution in [-0.2, 0) is 19.5 Å². The van der Waals surface area contributed by atoms with E-state index < -0.39 is 0 Å². The molecule has 2 amide bonds. The number of amides is 2. The van der Waals surface area contributed by atoms with Crippen molar-refractivity contribution in [2.75, 3.05) is 13.1 Å². The number of carbonyl (C=O) groups is 1. The number of aliphatic hydroxyl groups is 1. The van der Waals surface area contributed by atoms with Gasteiger partial charge in [0.25, 0.3) is 0 Å². The lowest BCUT2D eigenvalue weighted by atomic mass is 9.88. The van der Waals surface area contributed by atoms with E-state index in [0.29, 0.717) is 19.6 Å². The lowest BCUT2D eigenvalue weighted by Crippen LogP contribution is -2.45. The minimum atomic E-state index is -0.296. The Morgan fingerprint density at radius 1 is 1.26 bits per heavy atom. The van der Waals surface area contributed by atoms with Crippen molar-refractivity contribution in [3.05, 3.63) is 53.9 Å². The topological polar surface area (TPSA) is 70.4 Å². The van der Waals surface area contributed by atoms with E-state index in [1.807, 2.05) is 40.9 Å². The van der Waals surface area contributed by atoms with Gasteiger partial charge in [0.15, 0.2) is 0 Å². The van der Waals surface area contributed by atoms with Crippen LogP contribution in [0.1, 0.15) is 37.3 Å². The predicted molar refractivity (Wildman–Crippen MR) is 105 cm³/mol. The molecule has 1 atom stereocenters. The lowest BCUT2D eigenvalue weighted by molar-refractivity contribution is 0.0610. The fourth-order valence-electron chi connectivity index (χ4n) is 3.64. The number of carbonyl (C=O) groups excluding carboxylic acids is 1. The minimum absolute atomic E-state index is 0.0310. The van der Waals surface area contributed by atoms with Crippen molar-refractivity contribution in [1.82, 2.24) is 20.0 Å². The van der Waals surface area contributed by atoms with Crippen LogP contribution in [0.3, 0.4) is 0 Å². The van der Waals surface area contributed by atoms with Crippen molar-refractivity contribution < 1.29 is 9.90 Å². The first-order valence-corrected chi connectivity index (χ1v) is 9.91. The van der Waals surface area contributed by atoms with Crippen molar-refractivity contribution in [3.63, 3.8) is 0 Å². The summed E-state index contributed by atoms with van der Waals surface area (Å²) in [4.78, 5) is 14.2. The molecule has 27 heavy (non-hydrogen) atoms. The maximum Gasteiger partial charge on any atom is 0.317 e. The number of aromatic nitrogens is 2. The third-order valence-corrected chi connectivity index (χ3v) is 5.40. The number of nitrogens with zero attached hydrogens (tertiary/aromatic N) is 3. The van der Waals surface area contributed by atoms with Crippen LogP contribution in [0.15, 0.2) is 42.7 Å². The third-order valence-electron chi connectivity index (χ3n) is 5.40. The van der Waals surface area contributed by atoms with Gasteiger partial charge in [-0.1, -0.05) is 30.3 Å². The summed E-state index contributed by atoms with van der Waals surface area (Å²) in [5.74, 6) is 0.278. The number of aryl methyl sites for hydroxylation is 2. The first-order valence-electron chi connectivity index (χ1n) is 9.91. The number of piperidine rings is 1. The number of likely N-dealkylation sites (tertiary alicyclic amines) is 1. The van der Waals surface area contributed by atoms with Gasteiger partial charge in [-0.25, -0.2) is 4.79 Å². The van der Waals surface area contributed by atoms with Crippen LogP contribution >= 0.6 is 0 Å². The van der Waals surface area contributed by atoms with E-state index in [1.54, 1.807) is 6.20 Å². The fraction of sp³-hybridized carbons (Fsp3) is 0.524. The van der Waals surface area contributed by atoms with Crippen LogP contribution in [0, 0.1) is 5.92 Å². The smallest absolute Gasteiger partial charge is 0.317 e. The zero-order valence-corrected chi connectivity index (χ0v) is 16.1. The summed E-state index contributed by atoms with van der Waals surface area (Å²) >= 11 is 0. The molecule has 3 rings (SSSR count). The summed E-state index contributed by atoms with van der Waals surface area (Å²) in [5.41, 5.74) is 2.27. The number of aliphatic hydroxyl groups excluding tert-OH is 1. The number of rotatable bonds is 7. The molecule has 6 nitrogen and oxygen atoms in total. The molecule has 6 heteroatoms. The first-order chi connectivity index (χ1) is 13.2. The van der Waals surface area contributed by atoms with Gasteiger partial charge in [-0.2, -0.15) is 5.10 Å². The quantitative estimate of drug-likeness (QED) is 0.787. The average Bonchev–Trinajstić information content (AvgIpc) is 3.19. The predicted octanol–water partition coefficient (Wildman–Crippen LogP) is 2.82. The summed E-state index contributed by atoms with van der Waals surface area (Å²) in [6.45, 7) is 4.76. The van der Waals surface area contributed by atoms with Crippen LogP contribution in [0.5, 0.6) is 0 Å². The van der Waals surface area contributed by atoms with Gasteiger partial charge in [0.2, 0.25) is 0 Å². The maximum absolute atomic E-state index is 12.4. The Labute approximate surface area is 161 Å². The number of benzene rings is 1. The van der Waals surface area contributed by atoms with E-state index in [4.69, 9.17) is 0 Å². The normalized spacial score (nSPS) is 16.3. The largest absolute Gasteiger partial charge is 0.393 e. The van der Waals surface area contributed by atoms with Gasteiger partial charge in [0, 0.05) is 37.9 Å². The van der Waals surface area contributed by atoms with Gasteiger partial charge in [-0.15, -0.1) is 0 Å². The van der Waals surface area contributed by atoms with Gasteiger partial charge in [0.1, 0.15) is 0 Å². The molecular formula is C21H30N4O2. The van der Waals surface area contributed by atoms with Crippen LogP contribution in [0.25, 0.3) is 0 Å². The molecule has 1 fully saturated rings. The molecule has 0 aliphatic carbocycles. The molecule has 2 heterocycles. The van der Waals surface area contributed by atoms with E-state index >= 15 is 0 Å². The summed E-state index contributed by atoms with van der Waals surface area (Å²) in [7, 11) is 0. The molecule has 0 spiro atoms. The van der Waals surface area contributed by atoms with Crippen molar-refractivity contribution in [3.8, 4) is 0 Å². The molecule has 1 aromatic heterocycles. The Morgan fingerprint density at radius 3 is 2.67 bits per heavy atom. The molecule has 2 aromatic rings. The summed E-state index contributed by atoms with van der Waals surface area (Å²) in [5, 5.41) is 17.7. The third kappa shape index (κ3) is 5.57. The molecule has 2 N–H and O–H groups in total. The van der Waals surface area contributed by atoms with Gasteiger partial charge in [0.05, 0.1) is 12.3 Å². The molecule has 146 valence electrons. The summed E-state index contributed by atoms with van der Waals surface area (Å²) < 4.78 is 1.85. The number of hydrogen-bond acceptors (Lipinski definition) is 3. The number of urea groups is 1. The van der Waals surface area contributed by atoms with Crippen molar-refractivity contribution in [2.45, 2.75) is 51.8 Å². The molecule has 1 aliphatic heterocycles. The van der Waals surface area contributed by atoms with Crippen molar-refractivity contribution in [1.29, 1.82) is 0 Å². The van der Waals surface area contributed by atoms with Crippen LogP contribution in [0.2, 0.25) is 0 Å². The fourth-order valence-corrected chi connectivity index (χ4v) is 3.64. The van der Waals surface area contributed by atoms with Crippen molar-refractivity contribution >= 4 is 6.03 Å². The second-order valence-corrected chi connectivity index (χ2v) is 7.28. The molecule has 0 radical (unpaired) electrons. The molecule has 1 aromatic carbocycles. The van der Waals surface area contributed by atoms with Gasteiger partial charge in [-0.05, 0) is 44.1 Å². The molecule has 0 bridgehead atoms. The summed E-state index contributed by atoms with van der Waals surface area (Å²) in [6, 6.07) is 10.2. The minimum Gasteiger partial charge on any atom is -0.393 e. The van der Waals surface area contributed by atoms with Gasteiger partial charge < -0.3 is 15.3 Å². The molecule has 1 unspecified atom stereocenters. The highest BCUT2D eigenvalue weighted by atomic mass is 16.3. The standard InChI is InChI=1S/C21H30N4O2/c1-2-25-16-18(15-23-25)14-22-21(27)24-12-10-19(11-13-24)20(26)9-8-17-6-4-3-5-7-17/h3-7,15-16,19-20,26H,2,8-14H2,1H3,(H,22,27). The molecule has 0 saturated carbocycles. The highest BCUT2D eigenvalue weighted by Gasteiger charge is 2.27. The second kappa shape index (κ2) is 9.55. The Morgan fingerprint density at radius 2 is 2.00 bits per heavy atom. The maximum atomic E-state index is 12.4. The van der Waals surface area contributed by atoms with Gasteiger partial charge >= 0.3 is 6.03 Å². The average molecular weight is 370 g/mol. The number of hydrogen-bond donors (Lipinski definition) is 2. The van der Waals surface area contributed by atoms with E-state index in [-0.39, 0.29) is 18.1 Å². The van der Waals surface area contributed by atoms with Crippen LogP contribution in [0.4, 0.5) is 4.79 Å². The van der Waals surface area contributed by atoms with E-state index in [2.05, 4.69) is 22.5 Å². The monoisotopic (exact) mass is 370 g/mol. The highest BCUT2D eigenvalue weighted by Crippen LogP contribution is 2.23. The van der Waals surface area contributed by atoms with E-state index in [1.165, 1.54) is 5.56 Å². The Kier molecular flexibility index (Phi) is 6.87. The highest BCUT2D eigenvalue weighted by molar-refractivity contribution is 5.74. The lowest BCUT2D eigenvalue weighted by Gasteiger charge is -2.34.